The number of aromatic nitrogens is 2. The van der Waals surface area contributed by atoms with Crippen LogP contribution in [0.5, 0.6) is 5.88 Å². The molecular formula is C55H67FN8O10S. The van der Waals surface area contributed by atoms with Crippen molar-refractivity contribution >= 4 is 55.4 Å². The predicted octanol–water partition coefficient (Wildman–Crippen LogP) is 8.34. The number of piperidine rings is 1. The molecule has 400 valence electrons. The zero-order valence-electron chi connectivity index (χ0n) is 42.8. The molecule has 75 heavy (non-hydrogen) atoms. The summed E-state index contributed by atoms with van der Waals surface area (Å²) in [6, 6.07) is 19.2. The van der Waals surface area contributed by atoms with Crippen LogP contribution in [0, 0.1) is 27.3 Å². The highest BCUT2D eigenvalue weighted by atomic mass is 32.2. The van der Waals surface area contributed by atoms with Crippen molar-refractivity contribution < 1.29 is 46.6 Å². The van der Waals surface area contributed by atoms with E-state index in [-0.39, 0.29) is 71.0 Å². The second kappa shape index (κ2) is 20.6. The second-order valence-corrected chi connectivity index (χ2v) is 23.8. The van der Waals surface area contributed by atoms with Crippen LogP contribution in [0.2, 0.25) is 0 Å². The van der Waals surface area contributed by atoms with Crippen molar-refractivity contribution in [2.45, 2.75) is 113 Å². The molecular weight excluding hydrogens is 984 g/mol. The molecule has 20 heteroatoms. The lowest BCUT2D eigenvalue weighted by molar-refractivity contribution is -0.384. The van der Waals surface area contributed by atoms with E-state index in [1.54, 1.807) is 24.0 Å². The number of sulfonamides is 1. The van der Waals surface area contributed by atoms with E-state index in [0.717, 1.165) is 76.5 Å². The number of halogens is 1. The normalized spacial score (nSPS) is 25.4. The van der Waals surface area contributed by atoms with Crippen molar-refractivity contribution in [2.24, 2.45) is 11.3 Å². The highest BCUT2D eigenvalue weighted by molar-refractivity contribution is 7.90. The molecule has 3 aromatic carbocycles. The summed E-state index contributed by atoms with van der Waals surface area (Å²) >= 11 is 0. The van der Waals surface area contributed by atoms with Gasteiger partial charge in [0.15, 0.2) is 0 Å². The highest BCUT2D eigenvalue weighted by Gasteiger charge is 2.50. The Morgan fingerprint density at radius 1 is 0.960 bits per heavy atom. The van der Waals surface area contributed by atoms with Gasteiger partial charge in [-0.15, -0.1) is 0 Å². The molecule has 1 amide bonds. The van der Waals surface area contributed by atoms with Crippen molar-refractivity contribution in [3.8, 4) is 5.88 Å². The average molecular weight is 1050 g/mol. The molecule has 2 aliphatic carbocycles. The summed E-state index contributed by atoms with van der Waals surface area (Å²) in [7, 11) is -4.72. The number of rotatable bonds is 12. The van der Waals surface area contributed by atoms with Crippen LogP contribution in [0.25, 0.3) is 11.0 Å². The van der Waals surface area contributed by atoms with Crippen LogP contribution < -0.4 is 24.6 Å². The molecule has 11 rings (SSSR count). The first kappa shape index (κ1) is 51.2. The van der Waals surface area contributed by atoms with Crippen LogP contribution in [-0.4, -0.2) is 129 Å². The Bertz CT molecular complexity index is 3050. The summed E-state index contributed by atoms with van der Waals surface area (Å²) in [5, 5.41) is 26.1. The SMILES string of the molecule is CC(C)c1ccccc1[C@@H]1COCCN1C1CC2(CCN(c3ccc(C(=O)NS(=O)(=O)c4ccc(NCC5CCC(C)(O)CC5)c([N+](=O)[O-])c4)c(N4c5cc6c(F)c[nH]c6nc5OC[C@H]5OCCOC[C@@H]54)c3)CC2)C1. The molecule has 4 aliphatic heterocycles. The maximum absolute atomic E-state index is 15.5. The largest absolute Gasteiger partial charge is 0.473 e. The van der Waals surface area contributed by atoms with Crippen LogP contribution >= 0.6 is 0 Å². The van der Waals surface area contributed by atoms with Crippen LogP contribution in [-0.2, 0) is 24.2 Å². The summed E-state index contributed by atoms with van der Waals surface area (Å²) in [5.74, 6) is -0.818. The Morgan fingerprint density at radius 2 is 1.73 bits per heavy atom. The maximum atomic E-state index is 15.5. The van der Waals surface area contributed by atoms with Crippen molar-refractivity contribution in [2.75, 3.05) is 80.9 Å². The number of nitrogens with one attached hydrogen (secondary N) is 3. The van der Waals surface area contributed by atoms with E-state index in [1.807, 2.05) is 12.1 Å². The number of hydrogen-bond acceptors (Lipinski definition) is 15. The molecule has 5 aromatic rings. The first-order chi connectivity index (χ1) is 36.1. The Hall–Kier alpha value is -5.90. The number of H-pyrrole nitrogens is 1. The Balaban J connectivity index is 0.890. The number of hydrogen-bond donors (Lipinski definition) is 4. The van der Waals surface area contributed by atoms with E-state index in [4.69, 9.17) is 18.9 Å². The van der Waals surface area contributed by atoms with Crippen molar-refractivity contribution in [1.29, 1.82) is 0 Å². The van der Waals surface area contributed by atoms with Crippen LogP contribution in [0.1, 0.15) is 106 Å². The van der Waals surface area contributed by atoms with Gasteiger partial charge < -0.3 is 44.2 Å². The minimum Gasteiger partial charge on any atom is -0.473 e. The fraction of sp³-hybridized carbons (Fsp3) is 0.527. The van der Waals surface area contributed by atoms with Gasteiger partial charge in [-0.1, -0.05) is 38.1 Å². The molecule has 6 aliphatic rings. The van der Waals surface area contributed by atoms with Gasteiger partial charge in [0.2, 0.25) is 5.88 Å². The first-order valence-corrected chi connectivity index (χ1v) is 28.0. The fourth-order valence-electron chi connectivity index (χ4n) is 12.6. The van der Waals surface area contributed by atoms with E-state index in [9.17, 15) is 28.4 Å². The zero-order valence-corrected chi connectivity index (χ0v) is 43.6. The van der Waals surface area contributed by atoms with Crippen molar-refractivity contribution in [1.82, 2.24) is 19.6 Å². The summed E-state index contributed by atoms with van der Waals surface area (Å²) in [4.78, 5) is 40.4. The molecule has 0 unspecified atom stereocenters. The number of aliphatic hydroxyl groups is 1. The number of fused-ring (bicyclic) bond motifs is 3. The third-order valence-electron chi connectivity index (χ3n) is 16.9. The van der Waals surface area contributed by atoms with E-state index in [2.05, 4.69) is 67.9 Å². The molecule has 2 saturated carbocycles. The van der Waals surface area contributed by atoms with E-state index in [0.29, 0.717) is 50.2 Å². The number of ether oxygens (including phenoxy) is 4. The summed E-state index contributed by atoms with van der Waals surface area (Å²) in [6.07, 6.45) is 7.41. The third-order valence-corrected chi connectivity index (χ3v) is 18.2. The number of aromatic amines is 1. The molecule has 4 N–H and O–H groups in total. The smallest absolute Gasteiger partial charge is 0.293 e. The van der Waals surface area contributed by atoms with E-state index < -0.39 is 55.0 Å². The molecule has 6 heterocycles. The van der Waals surface area contributed by atoms with Gasteiger partial charge in [-0.25, -0.2) is 17.5 Å². The number of anilines is 4. The number of nitro groups is 1. The second-order valence-electron chi connectivity index (χ2n) is 22.1. The number of amides is 1. The minimum atomic E-state index is -4.72. The molecule has 5 fully saturated rings. The summed E-state index contributed by atoms with van der Waals surface area (Å²) in [6.45, 7) is 11.2. The Labute approximate surface area is 436 Å². The van der Waals surface area contributed by atoms with Gasteiger partial charge in [0.25, 0.3) is 21.6 Å². The lowest BCUT2D eigenvalue weighted by atomic mass is 9.59. The van der Waals surface area contributed by atoms with Crippen molar-refractivity contribution in [3.05, 3.63) is 106 Å². The van der Waals surface area contributed by atoms with Gasteiger partial charge in [0, 0.05) is 50.2 Å². The van der Waals surface area contributed by atoms with Crippen molar-refractivity contribution in [3.63, 3.8) is 0 Å². The van der Waals surface area contributed by atoms with E-state index in [1.165, 1.54) is 29.5 Å². The summed E-state index contributed by atoms with van der Waals surface area (Å²) in [5.41, 5.74) is 3.46. The van der Waals surface area contributed by atoms with Crippen LogP contribution in [0.15, 0.2) is 77.8 Å². The molecule has 0 bridgehead atoms. The molecule has 1 spiro atoms. The average Bonchev–Trinajstić information content (AvgIpc) is 3.51. The monoisotopic (exact) mass is 1050 g/mol. The predicted molar refractivity (Wildman–Crippen MR) is 281 cm³/mol. The molecule has 0 radical (unpaired) electrons. The van der Waals surface area contributed by atoms with Crippen LogP contribution in [0.4, 0.5) is 32.8 Å². The quantitative estimate of drug-likeness (QED) is 0.0683. The topological polar surface area (TPSA) is 214 Å². The molecule has 2 aromatic heterocycles. The summed E-state index contributed by atoms with van der Waals surface area (Å²) < 4.78 is 71.0. The van der Waals surface area contributed by atoms with Gasteiger partial charge in [-0.05, 0) is 123 Å². The number of carbonyl (C=O) groups is 1. The third kappa shape index (κ3) is 10.3. The number of morpholine rings is 1. The maximum Gasteiger partial charge on any atom is 0.293 e. The number of pyridine rings is 1. The molecule has 18 nitrogen and oxygen atoms in total. The van der Waals surface area contributed by atoms with Gasteiger partial charge >= 0.3 is 0 Å². The molecule has 3 atom stereocenters. The number of benzene rings is 3. The number of nitrogens with zero attached hydrogens (tertiary/aromatic N) is 5. The lowest BCUT2D eigenvalue weighted by Gasteiger charge is -2.57. The van der Waals surface area contributed by atoms with Gasteiger partial charge in [0.05, 0.1) is 77.2 Å². The zero-order chi connectivity index (χ0) is 52.2. The Kier molecular flexibility index (Phi) is 14.0. The van der Waals surface area contributed by atoms with Crippen LogP contribution in [0.3, 0.4) is 0 Å². The first-order valence-electron chi connectivity index (χ1n) is 26.5. The van der Waals surface area contributed by atoms with Gasteiger partial charge in [-0.2, -0.15) is 4.98 Å². The standard InChI is InChI=1S/C55H67FN8O10S/c1-34(2)39-6-4-5-7-40(39)48-31-71-21-20-62(48)37-27-55(28-37)16-18-61(19-17-55)36-8-10-41(45(24-36)63-47-26-42-43(56)30-58-51(42)59-53(47)74-33-50-49(63)32-72-22-23-73-50)52(65)60-75(69,70)38-9-11-44(46(25-38)64(67)68)57-29-35-12-14-54(3,66)15-13-35/h4-11,24-26,30,34-35,37,48-50,57,66H,12-23,27-29,31-33H2,1-3H3,(H,58,59)(H,60,65)/t35?,48-,49-,50+,54?/m0/s1. The Morgan fingerprint density at radius 3 is 2.51 bits per heavy atom. The fourth-order valence-corrected chi connectivity index (χ4v) is 13.5. The number of carbonyl (C=O) groups excluding carboxylic acids is 1. The minimum absolute atomic E-state index is 0.0403. The number of nitro benzene ring substituents is 1. The highest BCUT2D eigenvalue weighted by Crippen LogP contribution is 2.54. The van der Waals surface area contributed by atoms with E-state index >= 15 is 4.39 Å². The molecule has 3 saturated heterocycles. The van der Waals surface area contributed by atoms with Gasteiger partial charge in [-0.3, -0.25) is 19.8 Å². The van der Waals surface area contributed by atoms with Gasteiger partial charge in [0.1, 0.15) is 35.6 Å². The lowest BCUT2D eigenvalue weighted by Crippen LogP contribution is -2.58.